The molecule has 1 atom stereocenters. The average Bonchev–Trinajstić information content (AvgIpc) is 3.05. The van der Waals surface area contributed by atoms with Crippen LogP contribution in [0.1, 0.15) is 39.2 Å². The van der Waals surface area contributed by atoms with Gasteiger partial charge in [0.05, 0.1) is 6.26 Å². The molecule has 3 rings (SSSR count). The number of para-hydroxylation sites is 1. The van der Waals surface area contributed by atoms with Gasteiger partial charge < -0.3 is 14.1 Å². The molecule has 0 radical (unpaired) electrons. The SMILES string of the molecule is CC(C)(C)OC(=O)N1CCC[C@H]1Cc1coc2ccccc12. The first-order chi connectivity index (χ1) is 10.4. The zero-order valence-corrected chi connectivity index (χ0v) is 13.5. The lowest BCUT2D eigenvalue weighted by atomic mass is 10.0. The highest BCUT2D eigenvalue weighted by atomic mass is 16.6. The van der Waals surface area contributed by atoms with E-state index < -0.39 is 5.60 Å². The van der Waals surface area contributed by atoms with E-state index in [1.165, 1.54) is 0 Å². The maximum atomic E-state index is 12.3. The van der Waals surface area contributed by atoms with E-state index in [1.807, 2.05) is 50.1 Å². The van der Waals surface area contributed by atoms with Crippen LogP contribution in [0.3, 0.4) is 0 Å². The minimum absolute atomic E-state index is 0.191. The molecule has 4 heteroatoms. The van der Waals surface area contributed by atoms with Crippen molar-refractivity contribution in [3.8, 4) is 0 Å². The van der Waals surface area contributed by atoms with E-state index in [-0.39, 0.29) is 12.1 Å². The first-order valence-electron chi connectivity index (χ1n) is 7.89. The summed E-state index contributed by atoms with van der Waals surface area (Å²) in [4.78, 5) is 14.2. The fourth-order valence-electron chi connectivity index (χ4n) is 3.05. The Balaban J connectivity index is 1.75. The van der Waals surface area contributed by atoms with Crippen molar-refractivity contribution in [2.45, 2.75) is 51.7 Å². The van der Waals surface area contributed by atoms with Gasteiger partial charge in [0.15, 0.2) is 0 Å². The standard InChI is InChI=1S/C18H23NO3/c1-18(2,3)22-17(20)19-10-6-7-14(19)11-13-12-21-16-9-5-4-8-15(13)16/h4-5,8-9,12,14H,6-7,10-11H2,1-3H3/t14-/m0/s1. The number of rotatable bonds is 2. The number of ether oxygens (including phenoxy) is 1. The van der Waals surface area contributed by atoms with E-state index in [2.05, 4.69) is 6.07 Å². The summed E-state index contributed by atoms with van der Waals surface area (Å²) in [6, 6.07) is 8.22. The molecule has 1 aromatic heterocycles. The minimum Gasteiger partial charge on any atom is -0.464 e. The summed E-state index contributed by atoms with van der Waals surface area (Å²) in [5.74, 6) is 0. The number of carbonyl (C=O) groups excluding carboxylic acids is 1. The number of furan rings is 1. The van der Waals surface area contributed by atoms with Crippen molar-refractivity contribution in [1.29, 1.82) is 0 Å². The molecule has 0 saturated carbocycles. The molecule has 118 valence electrons. The van der Waals surface area contributed by atoms with E-state index in [0.717, 1.165) is 42.3 Å². The van der Waals surface area contributed by atoms with E-state index in [1.54, 1.807) is 0 Å². The molecule has 4 nitrogen and oxygen atoms in total. The number of amides is 1. The third-order valence-corrected chi connectivity index (χ3v) is 4.02. The Morgan fingerprint density at radius 1 is 1.36 bits per heavy atom. The molecule has 0 spiro atoms. The topological polar surface area (TPSA) is 42.7 Å². The fraction of sp³-hybridized carbons (Fsp3) is 0.500. The second kappa shape index (κ2) is 5.67. The van der Waals surface area contributed by atoms with E-state index in [4.69, 9.17) is 9.15 Å². The van der Waals surface area contributed by atoms with Crippen molar-refractivity contribution in [2.75, 3.05) is 6.54 Å². The number of nitrogens with zero attached hydrogens (tertiary/aromatic N) is 1. The third-order valence-electron chi connectivity index (χ3n) is 4.02. The summed E-state index contributed by atoms with van der Waals surface area (Å²) in [6.45, 7) is 6.48. The largest absolute Gasteiger partial charge is 0.464 e. The Hall–Kier alpha value is -1.97. The lowest BCUT2D eigenvalue weighted by Crippen LogP contribution is -2.40. The molecule has 1 fully saturated rings. The van der Waals surface area contributed by atoms with Crippen LogP contribution in [0, 0.1) is 0 Å². The van der Waals surface area contributed by atoms with Gasteiger partial charge in [-0.25, -0.2) is 4.79 Å². The average molecular weight is 301 g/mol. The van der Waals surface area contributed by atoms with Crippen LogP contribution in [0.2, 0.25) is 0 Å². The quantitative estimate of drug-likeness (QED) is 0.827. The molecule has 0 bridgehead atoms. The summed E-state index contributed by atoms with van der Waals surface area (Å²) in [6.07, 6.45) is 4.47. The maximum Gasteiger partial charge on any atom is 0.410 e. The van der Waals surface area contributed by atoms with Crippen molar-refractivity contribution in [3.05, 3.63) is 36.1 Å². The van der Waals surface area contributed by atoms with Crippen LogP contribution in [0.25, 0.3) is 11.0 Å². The molecule has 2 aromatic rings. The first kappa shape index (κ1) is 14.9. The molecule has 1 aliphatic rings. The fourth-order valence-corrected chi connectivity index (χ4v) is 3.05. The Labute approximate surface area is 131 Å². The molecule has 1 saturated heterocycles. The summed E-state index contributed by atoms with van der Waals surface area (Å²) < 4.78 is 11.1. The number of fused-ring (bicyclic) bond motifs is 1. The zero-order valence-electron chi connectivity index (χ0n) is 13.5. The predicted molar refractivity (Wildman–Crippen MR) is 85.9 cm³/mol. The molecule has 0 aliphatic carbocycles. The number of hydrogen-bond donors (Lipinski definition) is 0. The normalized spacial score (nSPS) is 18.9. The maximum absolute atomic E-state index is 12.3. The Morgan fingerprint density at radius 2 is 2.14 bits per heavy atom. The van der Waals surface area contributed by atoms with Gasteiger partial charge in [0.25, 0.3) is 0 Å². The van der Waals surface area contributed by atoms with Gasteiger partial charge in [0.1, 0.15) is 11.2 Å². The van der Waals surface area contributed by atoms with Gasteiger partial charge in [-0.15, -0.1) is 0 Å². The summed E-state index contributed by atoms with van der Waals surface area (Å²) in [7, 11) is 0. The van der Waals surface area contributed by atoms with Crippen LogP contribution >= 0.6 is 0 Å². The van der Waals surface area contributed by atoms with Crippen LogP contribution in [0.4, 0.5) is 4.79 Å². The number of benzene rings is 1. The van der Waals surface area contributed by atoms with Gasteiger partial charge in [0, 0.05) is 23.5 Å². The summed E-state index contributed by atoms with van der Waals surface area (Å²) >= 11 is 0. The summed E-state index contributed by atoms with van der Waals surface area (Å²) in [5.41, 5.74) is 1.61. The van der Waals surface area contributed by atoms with Gasteiger partial charge in [0.2, 0.25) is 0 Å². The molecule has 22 heavy (non-hydrogen) atoms. The highest BCUT2D eigenvalue weighted by Crippen LogP contribution is 2.28. The first-order valence-corrected chi connectivity index (χ1v) is 7.89. The van der Waals surface area contributed by atoms with E-state index in [0.29, 0.717) is 0 Å². The smallest absolute Gasteiger partial charge is 0.410 e. The lowest BCUT2D eigenvalue weighted by Gasteiger charge is -2.28. The van der Waals surface area contributed by atoms with Crippen molar-refractivity contribution >= 4 is 17.1 Å². The molecular weight excluding hydrogens is 278 g/mol. The van der Waals surface area contributed by atoms with Crippen molar-refractivity contribution in [2.24, 2.45) is 0 Å². The minimum atomic E-state index is -0.452. The van der Waals surface area contributed by atoms with Gasteiger partial charge in [-0.1, -0.05) is 18.2 Å². The molecule has 2 heterocycles. The Bertz CT molecular complexity index is 668. The molecule has 0 N–H and O–H groups in total. The van der Waals surface area contributed by atoms with E-state index >= 15 is 0 Å². The Morgan fingerprint density at radius 3 is 2.91 bits per heavy atom. The third kappa shape index (κ3) is 3.11. The van der Waals surface area contributed by atoms with Crippen LogP contribution in [0.5, 0.6) is 0 Å². The Kier molecular flexibility index (Phi) is 3.85. The van der Waals surface area contributed by atoms with Crippen molar-refractivity contribution in [3.63, 3.8) is 0 Å². The zero-order chi connectivity index (χ0) is 15.7. The molecule has 1 amide bonds. The van der Waals surface area contributed by atoms with Gasteiger partial charge in [-0.2, -0.15) is 0 Å². The second-order valence-electron chi connectivity index (χ2n) is 6.93. The number of hydrogen-bond acceptors (Lipinski definition) is 3. The molecule has 0 unspecified atom stereocenters. The van der Waals surface area contributed by atoms with Crippen LogP contribution < -0.4 is 0 Å². The van der Waals surface area contributed by atoms with Crippen LogP contribution in [-0.2, 0) is 11.2 Å². The second-order valence-corrected chi connectivity index (χ2v) is 6.93. The van der Waals surface area contributed by atoms with Gasteiger partial charge in [-0.3, -0.25) is 0 Å². The van der Waals surface area contributed by atoms with E-state index in [9.17, 15) is 4.79 Å². The number of carbonyl (C=O) groups is 1. The molecular formula is C18H23NO3. The molecule has 1 aliphatic heterocycles. The van der Waals surface area contributed by atoms with Crippen LogP contribution in [0.15, 0.2) is 34.9 Å². The van der Waals surface area contributed by atoms with Crippen molar-refractivity contribution in [1.82, 2.24) is 4.90 Å². The molecule has 1 aromatic carbocycles. The van der Waals surface area contributed by atoms with Crippen LogP contribution in [-0.4, -0.2) is 29.2 Å². The predicted octanol–water partition coefficient (Wildman–Crippen LogP) is 4.37. The highest BCUT2D eigenvalue weighted by Gasteiger charge is 2.32. The van der Waals surface area contributed by atoms with Crippen molar-refractivity contribution < 1.29 is 13.9 Å². The lowest BCUT2D eigenvalue weighted by molar-refractivity contribution is 0.0227. The number of likely N-dealkylation sites (tertiary alicyclic amines) is 1. The van der Waals surface area contributed by atoms with Gasteiger partial charge in [-0.05, 0) is 46.1 Å². The monoisotopic (exact) mass is 301 g/mol. The highest BCUT2D eigenvalue weighted by molar-refractivity contribution is 5.81. The summed E-state index contributed by atoms with van der Waals surface area (Å²) in [5, 5.41) is 1.14. The van der Waals surface area contributed by atoms with Gasteiger partial charge >= 0.3 is 6.09 Å².